The van der Waals surface area contributed by atoms with Crippen LogP contribution in [-0.2, 0) is 11.3 Å². The van der Waals surface area contributed by atoms with Crippen LogP contribution < -0.4 is 20.3 Å². The van der Waals surface area contributed by atoms with E-state index in [0.717, 1.165) is 22.6 Å². The average molecular weight is 450 g/mol. The number of benzene rings is 4. The number of para-hydroxylation sites is 3. The highest BCUT2D eigenvalue weighted by molar-refractivity contribution is 6.04. The quantitative estimate of drug-likeness (QED) is 0.402. The first kappa shape index (κ1) is 21.3. The number of carbonyl (C=O) groups excluding carboxylic acids is 2. The molecule has 0 radical (unpaired) electrons. The third kappa shape index (κ3) is 4.76. The van der Waals surface area contributed by atoms with Gasteiger partial charge in [-0.05, 0) is 66.2 Å². The zero-order chi connectivity index (χ0) is 23.3. The van der Waals surface area contributed by atoms with E-state index in [9.17, 15) is 9.59 Å². The van der Waals surface area contributed by atoms with Crippen LogP contribution in [0.5, 0.6) is 5.75 Å². The van der Waals surface area contributed by atoms with Gasteiger partial charge in [0.05, 0.1) is 12.2 Å². The van der Waals surface area contributed by atoms with Gasteiger partial charge in [-0.2, -0.15) is 0 Å². The third-order valence-corrected chi connectivity index (χ3v) is 5.57. The van der Waals surface area contributed by atoms with E-state index in [2.05, 4.69) is 10.6 Å². The molecule has 0 saturated heterocycles. The van der Waals surface area contributed by atoms with Gasteiger partial charge in [-0.3, -0.25) is 9.59 Å². The van der Waals surface area contributed by atoms with Crippen molar-refractivity contribution in [3.05, 3.63) is 114 Å². The summed E-state index contributed by atoms with van der Waals surface area (Å²) in [4.78, 5) is 26.8. The molecule has 1 aliphatic rings. The van der Waals surface area contributed by atoms with Crippen LogP contribution in [0.15, 0.2) is 103 Å². The number of anilines is 4. The van der Waals surface area contributed by atoms with Gasteiger partial charge in [0, 0.05) is 22.6 Å². The smallest absolute Gasteiger partial charge is 0.265 e. The first-order chi connectivity index (χ1) is 16.7. The average Bonchev–Trinajstić information content (AvgIpc) is 2.88. The molecule has 168 valence electrons. The molecule has 4 aromatic carbocycles. The maximum absolute atomic E-state index is 12.7. The van der Waals surface area contributed by atoms with Crippen molar-refractivity contribution >= 4 is 34.6 Å². The second-order valence-electron chi connectivity index (χ2n) is 7.96. The molecule has 0 aliphatic carbocycles. The topological polar surface area (TPSA) is 70.7 Å². The Kier molecular flexibility index (Phi) is 5.95. The Balaban J connectivity index is 1.22. The van der Waals surface area contributed by atoms with Gasteiger partial charge in [0.25, 0.3) is 11.8 Å². The molecule has 2 N–H and O–H groups in total. The maximum Gasteiger partial charge on any atom is 0.265 e. The summed E-state index contributed by atoms with van der Waals surface area (Å²) in [7, 11) is 0. The molecule has 2 amide bonds. The largest absolute Gasteiger partial charge is 0.482 e. The molecule has 34 heavy (non-hydrogen) atoms. The lowest BCUT2D eigenvalue weighted by molar-refractivity contribution is -0.121. The van der Waals surface area contributed by atoms with Crippen LogP contribution in [0.2, 0.25) is 0 Å². The van der Waals surface area contributed by atoms with Crippen molar-refractivity contribution in [3.8, 4) is 5.75 Å². The molecule has 1 heterocycles. The number of hydrogen-bond acceptors (Lipinski definition) is 4. The lowest BCUT2D eigenvalue weighted by Gasteiger charge is -2.29. The molecule has 5 rings (SSSR count). The number of hydrogen-bond donors (Lipinski definition) is 2. The van der Waals surface area contributed by atoms with E-state index in [1.165, 1.54) is 0 Å². The Morgan fingerprint density at radius 2 is 1.41 bits per heavy atom. The summed E-state index contributed by atoms with van der Waals surface area (Å²) in [6, 6.07) is 32.2. The number of carbonyl (C=O) groups is 2. The SMILES string of the molecule is O=C(Nc1ccc(Nc2ccccc2)cc1)c1ccc(CN2C(=O)COc3ccccc32)cc1. The van der Waals surface area contributed by atoms with Crippen LogP contribution in [0.25, 0.3) is 0 Å². The van der Waals surface area contributed by atoms with Crippen molar-refractivity contribution in [1.82, 2.24) is 0 Å². The van der Waals surface area contributed by atoms with E-state index in [-0.39, 0.29) is 18.4 Å². The summed E-state index contributed by atoms with van der Waals surface area (Å²) in [6.45, 7) is 0.439. The minimum Gasteiger partial charge on any atom is -0.482 e. The van der Waals surface area contributed by atoms with Crippen LogP contribution in [0.3, 0.4) is 0 Å². The summed E-state index contributed by atoms with van der Waals surface area (Å²) in [6.07, 6.45) is 0. The first-order valence-corrected chi connectivity index (χ1v) is 11.0. The Morgan fingerprint density at radius 1 is 0.765 bits per heavy atom. The van der Waals surface area contributed by atoms with Crippen LogP contribution in [0.1, 0.15) is 15.9 Å². The number of ether oxygens (including phenoxy) is 1. The summed E-state index contributed by atoms with van der Waals surface area (Å²) in [5.41, 5.74) is 4.88. The van der Waals surface area contributed by atoms with Crippen molar-refractivity contribution in [2.45, 2.75) is 6.54 Å². The minimum atomic E-state index is -0.192. The van der Waals surface area contributed by atoms with E-state index < -0.39 is 0 Å². The molecule has 4 aromatic rings. The first-order valence-electron chi connectivity index (χ1n) is 11.0. The van der Waals surface area contributed by atoms with E-state index in [1.54, 1.807) is 17.0 Å². The van der Waals surface area contributed by atoms with Gasteiger partial charge in [0.2, 0.25) is 0 Å². The molecule has 6 heteroatoms. The molecule has 0 saturated carbocycles. The number of nitrogens with one attached hydrogen (secondary N) is 2. The second kappa shape index (κ2) is 9.50. The lowest BCUT2D eigenvalue weighted by atomic mass is 10.1. The lowest BCUT2D eigenvalue weighted by Crippen LogP contribution is -2.38. The molecule has 0 fully saturated rings. The number of rotatable bonds is 6. The van der Waals surface area contributed by atoms with E-state index >= 15 is 0 Å². The van der Waals surface area contributed by atoms with Crippen molar-refractivity contribution in [2.75, 3.05) is 22.1 Å². The van der Waals surface area contributed by atoms with Crippen LogP contribution >= 0.6 is 0 Å². The van der Waals surface area contributed by atoms with Crippen LogP contribution in [0, 0.1) is 0 Å². The Hall–Kier alpha value is -4.58. The van der Waals surface area contributed by atoms with Gasteiger partial charge in [-0.25, -0.2) is 0 Å². The fourth-order valence-electron chi connectivity index (χ4n) is 3.80. The molecule has 0 spiro atoms. The molecule has 0 atom stereocenters. The third-order valence-electron chi connectivity index (χ3n) is 5.57. The van der Waals surface area contributed by atoms with Gasteiger partial charge in [0.15, 0.2) is 6.61 Å². The van der Waals surface area contributed by atoms with Crippen LogP contribution in [0.4, 0.5) is 22.7 Å². The second-order valence-corrected chi connectivity index (χ2v) is 7.96. The summed E-state index contributed by atoms with van der Waals surface area (Å²) < 4.78 is 5.50. The van der Waals surface area contributed by atoms with Crippen molar-refractivity contribution in [2.24, 2.45) is 0 Å². The number of nitrogens with zero attached hydrogens (tertiary/aromatic N) is 1. The summed E-state index contributed by atoms with van der Waals surface area (Å²) >= 11 is 0. The highest BCUT2D eigenvalue weighted by Gasteiger charge is 2.25. The number of amides is 2. The Labute approximate surface area is 197 Å². The van der Waals surface area contributed by atoms with Gasteiger partial charge in [0.1, 0.15) is 5.75 Å². The van der Waals surface area contributed by atoms with Gasteiger partial charge >= 0.3 is 0 Å². The highest BCUT2D eigenvalue weighted by Crippen LogP contribution is 2.32. The normalized spacial score (nSPS) is 12.5. The maximum atomic E-state index is 12.7. The molecular weight excluding hydrogens is 426 g/mol. The fourth-order valence-corrected chi connectivity index (χ4v) is 3.80. The monoisotopic (exact) mass is 449 g/mol. The Morgan fingerprint density at radius 3 is 2.18 bits per heavy atom. The van der Waals surface area contributed by atoms with Gasteiger partial charge < -0.3 is 20.3 Å². The van der Waals surface area contributed by atoms with Crippen molar-refractivity contribution in [3.63, 3.8) is 0 Å². The van der Waals surface area contributed by atoms with E-state index in [1.807, 2.05) is 91.0 Å². The van der Waals surface area contributed by atoms with E-state index in [4.69, 9.17) is 4.74 Å². The fraction of sp³-hybridized carbons (Fsp3) is 0.0714. The predicted octanol–water partition coefficient (Wildman–Crippen LogP) is 5.61. The van der Waals surface area contributed by atoms with Crippen molar-refractivity contribution < 1.29 is 14.3 Å². The molecule has 6 nitrogen and oxygen atoms in total. The molecule has 0 aromatic heterocycles. The predicted molar refractivity (Wildman–Crippen MR) is 134 cm³/mol. The molecule has 0 unspecified atom stereocenters. The Bertz CT molecular complexity index is 1300. The van der Waals surface area contributed by atoms with Gasteiger partial charge in [-0.1, -0.05) is 42.5 Å². The molecule has 0 bridgehead atoms. The molecular formula is C28H23N3O3. The van der Waals surface area contributed by atoms with E-state index in [0.29, 0.717) is 23.5 Å². The van der Waals surface area contributed by atoms with Crippen LogP contribution in [-0.4, -0.2) is 18.4 Å². The molecule has 1 aliphatic heterocycles. The number of fused-ring (bicyclic) bond motifs is 1. The zero-order valence-corrected chi connectivity index (χ0v) is 18.4. The highest BCUT2D eigenvalue weighted by atomic mass is 16.5. The summed E-state index contributed by atoms with van der Waals surface area (Å²) in [5, 5.41) is 6.24. The standard InChI is InChI=1S/C28H23N3O3/c32-27-19-34-26-9-5-4-8-25(26)31(27)18-20-10-12-21(13-11-20)28(33)30-24-16-14-23(15-17-24)29-22-6-2-1-3-7-22/h1-17,29H,18-19H2,(H,30,33). The van der Waals surface area contributed by atoms with Gasteiger partial charge in [-0.15, -0.1) is 0 Å². The van der Waals surface area contributed by atoms with Crippen molar-refractivity contribution in [1.29, 1.82) is 0 Å². The summed E-state index contributed by atoms with van der Waals surface area (Å²) in [5.74, 6) is 0.414. The zero-order valence-electron chi connectivity index (χ0n) is 18.4. The minimum absolute atomic E-state index is 0.0250.